The molecule has 0 aliphatic carbocycles. The van der Waals surface area contributed by atoms with Crippen LogP contribution in [0, 0.1) is 13.8 Å². The normalized spacial score (nSPS) is 10.2. The van der Waals surface area contributed by atoms with Gasteiger partial charge in [0.05, 0.1) is 18.5 Å². The van der Waals surface area contributed by atoms with E-state index < -0.39 is 0 Å². The number of benzene rings is 2. The number of nitrogens with one attached hydrogen (secondary N) is 1. The van der Waals surface area contributed by atoms with Gasteiger partial charge in [-0.15, -0.1) is 0 Å². The monoisotopic (exact) mass is 242 g/mol. The Labute approximate surface area is 108 Å². The van der Waals surface area contributed by atoms with Crippen LogP contribution in [0.5, 0.6) is 5.75 Å². The fourth-order valence-electron chi connectivity index (χ4n) is 1.88. The topological polar surface area (TPSA) is 47.3 Å². The first-order valence-electron chi connectivity index (χ1n) is 5.88. The number of nitrogen functional groups attached to an aromatic ring is 1. The Kier molecular flexibility index (Phi) is 3.42. The number of aryl methyl sites for hydroxylation is 2. The third kappa shape index (κ3) is 2.56. The smallest absolute Gasteiger partial charge is 0.121 e. The van der Waals surface area contributed by atoms with Crippen LogP contribution in [-0.4, -0.2) is 7.11 Å². The van der Waals surface area contributed by atoms with Crippen LogP contribution in [-0.2, 0) is 0 Å². The van der Waals surface area contributed by atoms with Crippen LogP contribution in [0.3, 0.4) is 0 Å². The van der Waals surface area contributed by atoms with Gasteiger partial charge in [-0.2, -0.15) is 0 Å². The summed E-state index contributed by atoms with van der Waals surface area (Å²) in [6.45, 7) is 4.16. The van der Waals surface area contributed by atoms with Crippen LogP contribution in [0.2, 0.25) is 0 Å². The lowest BCUT2D eigenvalue weighted by molar-refractivity contribution is 0.415. The Morgan fingerprint density at radius 1 is 1.00 bits per heavy atom. The Morgan fingerprint density at radius 2 is 1.72 bits per heavy atom. The van der Waals surface area contributed by atoms with Crippen LogP contribution in [0.4, 0.5) is 17.1 Å². The molecule has 0 aliphatic rings. The van der Waals surface area contributed by atoms with Gasteiger partial charge in [-0.05, 0) is 37.6 Å². The molecule has 18 heavy (non-hydrogen) atoms. The minimum Gasteiger partial charge on any atom is -0.497 e. The second-order valence-electron chi connectivity index (χ2n) is 4.40. The molecule has 94 valence electrons. The summed E-state index contributed by atoms with van der Waals surface area (Å²) in [4.78, 5) is 0. The number of nitrogens with two attached hydrogens (primary N) is 1. The molecule has 0 heterocycles. The standard InChI is InChI=1S/C15H18N2O/c1-10-4-6-14(11(2)8-10)17-15-7-5-12(18-3)9-13(15)16/h4-9,17H,16H2,1-3H3. The van der Waals surface area contributed by atoms with Crippen molar-refractivity contribution < 1.29 is 4.74 Å². The molecule has 3 N–H and O–H groups in total. The van der Waals surface area contributed by atoms with E-state index in [0.717, 1.165) is 17.1 Å². The molecule has 2 aromatic rings. The second kappa shape index (κ2) is 5.00. The molecule has 0 fully saturated rings. The van der Waals surface area contributed by atoms with Crippen LogP contribution in [0.1, 0.15) is 11.1 Å². The highest BCUT2D eigenvalue weighted by Gasteiger charge is 2.03. The molecular weight excluding hydrogens is 224 g/mol. The summed E-state index contributed by atoms with van der Waals surface area (Å²) >= 11 is 0. The molecule has 0 saturated heterocycles. The Balaban J connectivity index is 2.28. The highest BCUT2D eigenvalue weighted by Crippen LogP contribution is 2.28. The predicted molar refractivity (Wildman–Crippen MR) is 76.6 cm³/mol. The molecule has 0 saturated carbocycles. The van der Waals surface area contributed by atoms with E-state index in [0.29, 0.717) is 5.69 Å². The molecule has 2 aromatic carbocycles. The molecular formula is C15H18N2O. The van der Waals surface area contributed by atoms with Gasteiger partial charge >= 0.3 is 0 Å². The van der Waals surface area contributed by atoms with Crippen LogP contribution in [0.15, 0.2) is 36.4 Å². The number of rotatable bonds is 3. The fraction of sp³-hybridized carbons (Fsp3) is 0.200. The molecule has 2 rings (SSSR count). The number of hydrogen-bond acceptors (Lipinski definition) is 3. The van der Waals surface area contributed by atoms with E-state index in [2.05, 4.69) is 37.4 Å². The molecule has 0 radical (unpaired) electrons. The lowest BCUT2D eigenvalue weighted by Gasteiger charge is -2.13. The summed E-state index contributed by atoms with van der Waals surface area (Å²) in [5.41, 5.74) is 11.1. The lowest BCUT2D eigenvalue weighted by atomic mass is 10.1. The van der Waals surface area contributed by atoms with Crippen LogP contribution >= 0.6 is 0 Å². The summed E-state index contributed by atoms with van der Waals surface area (Å²) in [6.07, 6.45) is 0. The van der Waals surface area contributed by atoms with Gasteiger partial charge in [-0.25, -0.2) is 0 Å². The van der Waals surface area contributed by atoms with Gasteiger partial charge in [0.2, 0.25) is 0 Å². The van der Waals surface area contributed by atoms with Gasteiger partial charge in [0.1, 0.15) is 5.75 Å². The maximum atomic E-state index is 5.98. The number of methoxy groups -OCH3 is 1. The summed E-state index contributed by atoms with van der Waals surface area (Å²) in [5.74, 6) is 0.763. The second-order valence-corrected chi connectivity index (χ2v) is 4.40. The molecule has 0 spiro atoms. The van der Waals surface area contributed by atoms with Gasteiger partial charge in [-0.1, -0.05) is 17.7 Å². The quantitative estimate of drug-likeness (QED) is 0.808. The summed E-state index contributed by atoms with van der Waals surface area (Å²) in [5, 5.41) is 3.34. The van der Waals surface area contributed by atoms with E-state index >= 15 is 0 Å². The van der Waals surface area contributed by atoms with Crippen LogP contribution < -0.4 is 15.8 Å². The molecule has 0 atom stereocenters. The molecule has 0 amide bonds. The average molecular weight is 242 g/mol. The molecule has 0 aromatic heterocycles. The molecule has 0 unspecified atom stereocenters. The van der Waals surface area contributed by atoms with Crippen molar-refractivity contribution in [3.63, 3.8) is 0 Å². The van der Waals surface area contributed by atoms with Crippen molar-refractivity contribution in [1.29, 1.82) is 0 Å². The summed E-state index contributed by atoms with van der Waals surface area (Å²) in [6, 6.07) is 11.9. The Morgan fingerprint density at radius 3 is 2.33 bits per heavy atom. The third-order valence-electron chi connectivity index (χ3n) is 2.91. The largest absolute Gasteiger partial charge is 0.497 e. The maximum absolute atomic E-state index is 5.98. The summed E-state index contributed by atoms with van der Waals surface area (Å²) in [7, 11) is 1.63. The van der Waals surface area contributed by atoms with Crippen molar-refractivity contribution in [2.45, 2.75) is 13.8 Å². The number of anilines is 3. The number of ether oxygens (including phenoxy) is 1. The van der Waals surface area contributed by atoms with Crippen molar-refractivity contribution in [2.24, 2.45) is 0 Å². The van der Waals surface area contributed by atoms with E-state index in [1.165, 1.54) is 11.1 Å². The van der Waals surface area contributed by atoms with Crippen LogP contribution in [0.25, 0.3) is 0 Å². The molecule has 3 heteroatoms. The van der Waals surface area contributed by atoms with Crippen molar-refractivity contribution >= 4 is 17.1 Å². The lowest BCUT2D eigenvalue weighted by Crippen LogP contribution is -1.98. The molecule has 3 nitrogen and oxygen atoms in total. The highest BCUT2D eigenvalue weighted by molar-refractivity contribution is 5.75. The zero-order valence-electron chi connectivity index (χ0n) is 10.9. The van der Waals surface area contributed by atoms with E-state index in [4.69, 9.17) is 10.5 Å². The first kappa shape index (κ1) is 12.3. The molecule has 0 aliphatic heterocycles. The highest BCUT2D eigenvalue weighted by atomic mass is 16.5. The van der Waals surface area contributed by atoms with E-state index in [1.807, 2.05) is 18.2 Å². The average Bonchev–Trinajstić information content (AvgIpc) is 2.34. The summed E-state index contributed by atoms with van der Waals surface area (Å²) < 4.78 is 5.13. The molecule has 0 bridgehead atoms. The van der Waals surface area contributed by atoms with Gasteiger partial charge in [0, 0.05) is 11.8 Å². The Bertz CT molecular complexity index is 564. The van der Waals surface area contributed by atoms with Gasteiger partial charge in [0.15, 0.2) is 0 Å². The van der Waals surface area contributed by atoms with Crippen molar-refractivity contribution in [3.8, 4) is 5.75 Å². The first-order chi connectivity index (χ1) is 8.60. The fourth-order valence-corrected chi connectivity index (χ4v) is 1.88. The SMILES string of the molecule is COc1ccc(Nc2ccc(C)cc2C)c(N)c1. The maximum Gasteiger partial charge on any atom is 0.121 e. The van der Waals surface area contributed by atoms with E-state index in [9.17, 15) is 0 Å². The van der Waals surface area contributed by atoms with Crippen molar-refractivity contribution in [2.75, 3.05) is 18.2 Å². The van der Waals surface area contributed by atoms with Crippen molar-refractivity contribution in [1.82, 2.24) is 0 Å². The van der Waals surface area contributed by atoms with Crippen molar-refractivity contribution in [3.05, 3.63) is 47.5 Å². The first-order valence-corrected chi connectivity index (χ1v) is 5.88. The zero-order valence-corrected chi connectivity index (χ0v) is 10.9. The van der Waals surface area contributed by atoms with Gasteiger partial charge in [0.25, 0.3) is 0 Å². The number of hydrogen-bond donors (Lipinski definition) is 2. The Hall–Kier alpha value is -2.16. The van der Waals surface area contributed by atoms with E-state index in [-0.39, 0.29) is 0 Å². The predicted octanol–water partition coefficient (Wildman–Crippen LogP) is 3.64. The zero-order chi connectivity index (χ0) is 13.1. The van der Waals surface area contributed by atoms with Gasteiger partial charge in [-0.3, -0.25) is 0 Å². The minimum absolute atomic E-state index is 0.675. The minimum atomic E-state index is 0.675. The third-order valence-corrected chi connectivity index (χ3v) is 2.91. The van der Waals surface area contributed by atoms with Gasteiger partial charge < -0.3 is 15.8 Å². The van der Waals surface area contributed by atoms with E-state index in [1.54, 1.807) is 7.11 Å².